The number of carbonyl (C=O) groups excluding carboxylic acids is 1. The molecule has 0 radical (unpaired) electrons. The summed E-state index contributed by atoms with van der Waals surface area (Å²) in [6.07, 6.45) is 0. The zero-order chi connectivity index (χ0) is 11.6. The van der Waals surface area contributed by atoms with Crippen LogP contribution >= 0.6 is 11.6 Å². The van der Waals surface area contributed by atoms with Gasteiger partial charge in [0.2, 0.25) is 5.91 Å². The van der Waals surface area contributed by atoms with Crippen molar-refractivity contribution in [2.45, 2.75) is 5.54 Å². The Balaban J connectivity index is 2.34. The number of amides is 1. The second kappa shape index (κ2) is 4.31. The predicted molar refractivity (Wildman–Crippen MR) is 59.6 cm³/mol. The van der Waals surface area contributed by atoms with Gasteiger partial charge in [-0.25, -0.2) is 0 Å². The molecule has 16 heavy (non-hydrogen) atoms. The molecular weight excluding hydrogens is 230 g/mol. The Bertz CT molecular complexity index is 410. The molecule has 0 saturated carbocycles. The SMILES string of the molecule is O=C(CCl)NC1(CO)COc2ccccc21. The Morgan fingerprint density at radius 1 is 1.56 bits per heavy atom. The number of halogens is 1. The fourth-order valence-electron chi connectivity index (χ4n) is 1.84. The van der Waals surface area contributed by atoms with Crippen LogP contribution in [0.4, 0.5) is 0 Å². The first kappa shape index (κ1) is 11.2. The molecule has 86 valence electrons. The quantitative estimate of drug-likeness (QED) is 0.763. The van der Waals surface area contributed by atoms with Crippen LogP contribution in [0.2, 0.25) is 0 Å². The first-order valence-electron chi connectivity index (χ1n) is 4.92. The van der Waals surface area contributed by atoms with Crippen molar-refractivity contribution in [2.75, 3.05) is 19.1 Å². The molecule has 0 aliphatic carbocycles. The number of nitrogens with one attached hydrogen (secondary N) is 1. The zero-order valence-corrected chi connectivity index (χ0v) is 9.33. The number of aliphatic hydroxyl groups is 1. The molecule has 0 saturated heterocycles. The van der Waals surface area contributed by atoms with E-state index in [2.05, 4.69) is 5.32 Å². The highest BCUT2D eigenvalue weighted by Gasteiger charge is 2.41. The average molecular weight is 242 g/mol. The lowest BCUT2D eigenvalue weighted by molar-refractivity contribution is -0.121. The summed E-state index contributed by atoms with van der Waals surface area (Å²) in [6.45, 7) is 0.0120. The summed E-state index contributed by atoms with van der Waals surface area (Å²) >= 11 is 5.44. The van der Waals surface area contributed by atoms with Crippen molar-refractivity contribution in [1.29, 1.82) is 0 Å². The van der Waals surface area contributed by atoms with Crippen molar-refractivity contribution in [3.63, 3.8) is 0 Å². The molecule has 2 rings (SSSR count). The number of hydrogen-bond donors (Lipinski definition) is 2. The number of benzene rings is 1. The third-order valence-corrected chi connectivity index (χ3v) is 2.89. The van der Waals surface area contributed by atoms with Crippen LogP contribution in [0.3, 0.4) is 0 Å². The maximum absolute atomic E-state index is 11.3. The molecule has 0 spiro atoms. The molecule has 1 atom stereocenters. The van der Waals surface area contributed by atoms with Crippen LogP contribution in [0.1, 0.15) is 5.56 Å². The van der Waals surface area contributed by atoms with Crippen LogP contribution in [-0.2, 0) is 10.3 Å². The van der Waals surface area contributed by atoms with Gasteiger partial charge >= 0.3 is 0 Å². The topological polar surface area (TPSA) is 58.6 Å². The van der Waals surface area contributed by atoms with E-state index in [0.29, 0.717) is 5.75 Å². The van der Waals surface area contributed by atoms with E-state index in [1.54, 1.807) is 6.07 Å². The lowest BCUT2D eigenvalue weighted by Gasteiger charge is -2.26. The van der Waals surface area contributed by atoms with Gasteiger partial charge in [-0.05, 0) is 6.07 Å². The maximum Gasteiger partial charge on any atom is 0.235 e. The molecule has 1 unspecified atom stereocenters. The summed E-state index contributed by atoms with van der Waals surface area (Å²) < 4.78 is 5.43. The number of fused-ring (bicyclic) bond motifs is 1. The lowest BCUT2D eigenvalue weighted by atomic mass is 9.93. The number of para-hydroxylation sites is 1. The molecular formula is C11H12ClNO3. The van der Waals surface area contributed by atoms with Gasteiger partial charge in [0, 0.05) is 5.56 Å². The maximum atomic E-state index is 11.3. The van der Waals surface area contributed by atoms with Crippen molar-refractivity contribution in [3.05, 3.63) is 29.8 Å². The van der Waals surface area contributed by atoms with E-state index in [-0.39, 0.29) is 25.0 Å². The minimum absolute atomic E-state index is 0.135. The van der Waals surface area contributed by atoms with E-state index in [4.69, 9.17) is 16.3 Å². The molecule has 1 amide bonds. The highest BCUT2D eigenvalue weighted by atomic mass is 35.5. The van der Waals surface area contributed by atoms with Gasteiger partial charge in [0.25, 0.3) is 0 Å². The highest BCUT2D eigenvalue weighted by Crippen LogP contribution is 2.36. The highest BCUT2D eigenvalue weighted by molar-refractivity contribution is 6.27. The van der Waals surface area contributed by atoms with Gasteiger partial charge in [-0.15, -0.1) is 11.6 Å². The summed E-state index contributed by atoms with van der Waals surface area (Å²) in [5, 5.41) is 12.2. The number of aliphatic hydroxyl groups excluding tert-OH is 1. The second-order valence-corrected chi connectivity index (χ2v) is 3.97. The fraction of sp³-hybridized carbons (Fsp3) is 0.364. The van der Waals surface area contributed by atoms with Crippen molar-refractivity contribution >= 4 is 17.5 Å². The Morgan fingerprint density at radius 2 is 2.31 bits per heavy atom. The number of carbonyl (C=O) groups is 1. The van der Waals surface area contributed by atoms with Crippen LogP contribution in [0, 0.1) is 0 Å². The number of ether oxygens (including phenoxy) is 1. The van der Waals surface area contributed by atoms with Crippen LogP contribution < -0.4 is 10.1 Å². The Hall–Kier alpha value is -1.26. The lowest BCUT2D eigenvalue weighted by Crippen LogP contribution is -2.50. The summed E-state index contributed by atoms with van der Waals surface area (Å²) in [5.74, 6) is 0.228. The largest absolute Gasteiger partial charge is 0.490 e. The molecule has 1 aromatic rings. The summed E-state index contributed by atoms with van der Waals surface area (Å²) in [6, 6.07) is 7.31. The third kappa shape index (κ3) is 1.74. The molecule has 4 nitrogen and oxygen atoms in total. The van der Waals surface area contributed by atoms with Crippen LogP contribution in [0.25, 0.3) is 0 Å². The van der Waals surface area contributed by atoms with Crippen molar-refractivity contribution in [2.24, 2.45) is 0 Å². The standard InChI is InChI=1S/C11H12ClNO3/c12-5-10(15)13-11(6-14)7-16-9-4-2-1-3-8(9)11/h1-4,14H,5-7H2,(H,13,15). The fourth-order valence-corrected chi connectivity index (χ4v) is 1.91. The van der Waals surface area contributed by atoms with E-state index in [1.165, 1.54) is 0 Å². The smallest absolute Gasteiger partial charge is 0.235 e. The number of alkyl halides is 1. The van der Waals surface area contributed by atoms with Crippen LogP contribution in [0.15, 0.2) is 24.3 Å². The monoisotopic (exact) mass is 241 g/mol. The molecule has 0 fully saturated rings. The molecule has 1 aliphatic rings. The summed E-state index contributed by atoms with van der Waals surface area (Å²) in [4.78, 5) is 11.3. The number of rotatable bonds is 3. The minimum Gasteiger partial charge on any atom is -0.490 e. The predicted octanol–water partition coefficient (Wildman–Crippen LogP) is 0.622. The first-order chi connectivity index (χ1) is 7.72. The van der Waals surface area contributed by atoms with Gasteiger partial charge in [-0.3, -0.25) is 4.79 Å². The van der Waals surface area contributed by atoms with E-state index in [1.807, 2.05) is 18.2 Å². The molecule has 1 aromatic carbocycles. The third-order valence-electron chi connectivity index (χ3n) is 2.65. The number of hydrogen-bond acceptors (Lipinski definition) is 3. The average Bonchev–Trinajstić information content (AvgIpc) is 2.69. The van der Waals surface area contributed by atoms with Gasteiger partial charge in [0.1, 0.15) is 23.8 Å². The normalized spacial score (nSPS) is 22.4. The van der Waals surface area contributed by atoms with Gasteiger partial charge in [0.05, 0.1) is 6.61 Å². The molecule has 0 aromatic heterocycles. The minimum atomic E-state index is -0.859. The zero-order valence-electron chi connectivity index (χ0n) is 8.57. The van der Waals surface area contributed by atoms with Gasteiger partial charge in [-0.1, -0.05) is 18.2 Å². The molecule has 2 N–H and O–H groups in total. The second-order valence-electron chi connectivity index (χ2n) is 3.71. The van der Waals surface area contributed by atoms with Gasteiger partial charge < -0.3 is 15.2 Å². The van der Waals surface area contributed by atoms with Crippen LogP contribution in [-0.4, -0.2) is 30.1 Å². The van der Waals surface area contributed by atoms with E-state index < -0.39 is 5.54 Å². The van der Waals surface area contributed by atoms with Gasteiger partial charge in [-0.2, -0.15) is 0 Å². The molecule has 0 bridgehead atoms. The van der Waals surface area contributed by atoms with Crippen LogP contribution in [0.5, 0.6) is 5.75 Å². The molecule has 1 aliphatic heterocycles. The van der Waals surface area contributed by atoms with Gasteiger partial charge in [0.15, 0.2) is 0 Å². The Kier molecular flexibility index (Phi) is 3.03. The Morgan fingerprint density at radius 3 is 3.00 bits per heavy atom. The van der Waals surface area contributed by atoms with Crippen molar-refractivity contribution in [1.82, 2.24) is 5.32 Å². The first-order valence-corrected chi connectivity index (χ1v) is 5.45. The summed E-state index contributed by atoms with van der Waals surface area (Å²) in [7, 11) is 0. The molecule has 5 heteroatoms. The van der Waals surface area contributed by atoms with E-state index in [0.717, 1.165) is 5.56 Å². The van der Waals surface area contributed by atoms with E-state index >= 15 is 0 Å². The summed E-state index contributed by atoms with van der Waals surface area (Å²) in [5.41, 5.74) is -0.0706. The molecule has 1 heterocycles. The van der Waals surface area contributed by atoms with Crippen molar-refractivity contribution < 1.29 is 14.6 Å². The Labute approximate surface area is 98.2 Å². The van der Waals surface area contributed by atoms with E-state index in [9.17, 15) is 9.90 Å². The van der Waals surface area contributed by atoms with Crippen molar-refractivity contribution in [3.8, 4) is 5.75 Å².